The van der Waals surface area contributed by atoms with E-state index in [1.807, 2.05) is 0 Å². The molecule has 3 heteroatoms. The molecule has 2 N–H and O–H groups in total. The summed E-state index contributed by atoms with van der Waals surface area (Å²) >= 11 is 0. The maximum absolute atomic E-state index is 10.5. The average molecular weight is 241 g/mol. The number of rotatable bonds is 5. The van der Waals surface area contributed by atoms with E-state index in [1.165, 1.54) is 25.7 Å². The zero-order valence-corrected chi connectivity index (χ0v) is 11.1. The van der Waals surface area contributed by atoms with E-state index in [-0.39, 0.29) is 0 Å². The molecule has 2 fully saturated rings. The van der Waals surface area contributed by atoms with Gasteiger partial charge in [-0.2, -0.15) is 0 Å². The van der Waals surface area contributed by atoms with E-state index in [2.05, 4.69) is 12.2 Å². The summed E-state index contributed by atoms with van der Waals surface area (Å²) in [6, 6.07) is 0.568. The Morgan fingerprint density at radius 3 is 2.41 bits per heavy atom. The lowest BCUT2D eigenvalue weighted by molar-refractivity contribution is -0.0238. The minimum Gasteiger partial charge on any atom is -0.389 e. The van der Waals surface area contributed by atoms with Gasteiger partial charge in [0, 0.05) is 19.2 Å². The molecule has 0 unspecified atom stereocenters. The molecule has 0 amide bonds. The van der Waals surface area contributed by atoms with Gasteiger partial charge in [0.25, 0.3) is 0 Å². The van der Waals surface area contributed by atoms with Gasteiger partial charge in [0.1, 0.15) is 0 Å². The zero-order valence-electron chi connectivity index (χ0n) is 11.1. The molecule has 0 aliphatic heterocycles. The summed E-state index contributed by atoms with van der Waals surface area (Å²) in [4.78, 5) is 0. The summed E-state index contributed by atoms with van der Waals surface area (Å²) in [7, 11) is 0. The number of nitrogens with one attached hydrogen (secondary N) is 1. The molecule has 100 valence electrons. The van der Waals surface area contributed by atoms with Crippen LogP contribution in [0.1, 0.15) is 58.3 Å². The van der Waals surface area contributed by atoms with E-state index in [4.69, 9.17) is 4.74 Å². The van der Waals surface area contributed by atoms with Crippen LogP contribution in [0, 0.1) is 0 Å². The van der Waals surface area contributed by atoms with Crippen LogP contribution in [0.2, 0.25) is 0 Å². The van der Waals surface area contributed by atoms with Crippen molar-refractivity contribution in [1.29, 1.82) is 0 Å². The van der Waals surface area contributed by atoms with Crippen molar-refractivity contribution in [2.24, 2.45) is 0 Å². The van der Waals surface area contributed by atoms with Crippen LogP contribution >= 0.6 is 0 Å². The van der Waals surface area contributed by atoms with Crippen LogP contribution in [0.4, 0.5) is 0 Å². The first-order valence-corrected chi connectivity index (χ1v) is 7.29. The van der Waals surface area contributed by atoms with Gasteiger partial charge in [-0.15, -0.1) is 0 Å². The average Bonchev–Trinajstić information content (AvgIpc) is 2.47. The van der Waals surface area contributed by atoms with Crippen LogP contribution < -0.4 is 5.32 Å². The molecule has 0 radical (unpaired) electrons. The van der Waals surface area contributed by atoms with Gasteiger partial charge in [0.2, 0.25) is 0 Å². The molecule has 0 spiro atoms. The normalized spacial score (nSPS) is 32.8. The van der Waals surface area contributed by atoms with E-state index >= 15 is 0 Å². The van der Waals surface area contributed by atoms with Crippen molar-refractivity contribution >= 4 is 0 Å². The van der Waals surface area contributed by atoms with Crippen LogP contribution in [0.3, 0.4) is 0 Å². The molecule has 0 atom stereocenters. The van der Waals surface area contributed by atoms with Crippen molar-refractivity contribution in [1.82, 2.24) is 5.32 Å². The molecule has 0 saturated heterocycles. The van der Waals surface area contributed by atoms with Crippen LogP contribution in [0.5, 0.6) is 0 Å². The van der Waals surface area contributed by atoms with E-state index < -0.39 is 5.60 Å². The molecule has 2 rings (SSSR count). The van der Waals surface area contributed by atoms with Crippen molar-refractivity contribution in [3.8, 4) is 0 Å². The second-order valence-electron chi connectivity index (χ2n) is 5.77. The molecule has 0 heterocycles. The largest absolute Gasteiger partial charge is 0.389 e. The van der Waals surface area contributed by atoms with Gasteiger partial charge >= 0.3 is 0 Å². The molecule has 0 aromatic rings. The van der Waals surface area contributed by atoms with Crippen LogP contribution in [-0.4, -0.2) is 36.0 Å². The minimum absolute atomic E-state index is 0.437. The molecule has 17 heavy (non-hydrogen) atoms. The van der Waals surface area contributed by atoms with Crippen molar-refractivity contribution in [2.45, 2.75) is 76.0 Å². The summed E-state index contributed by atoms with van der Waals surface area (Å²) in [6.07, 6.45) is 9.59. The van der Waals surface area contributed by atoms with Gasteiger partial charge in [-0.3, -0.25) is 0 Å². The summed E-state index contributed by atoms with van der Waals surface area (Å²) in [5.74, 6) is 0. The van der Waals surface area contributed by atoms with Gasteiger partial charge in [-0.1, -0.05) is 25.7 Å². The van der Waals surface area contributed by atoms with Gasteiger partial charge in [-0.05, 0) is 32.6 Å². The fraction of sp³-hybridized carbons (Fsp3) is 1.00. The maximum Gasteiger partial charge on any atom is 0.0771 e. The summed E-state index contributed by atoms with van der Waals surface area (Å²) in [5, 5.41) is 14.0. The summed E-state index contributed by atoms with van der Waals surface area (Å²) in [6.45, 7) is 3.65. The SMILES string of the molecule is CCOC1CC(NCC2(O)CCCCCC2)C1. The zero-order chi connectivity index (χ0) is 12.1. The third kappa shape index (κ3) is 3.94. The Kier molecular flexibility index (Phi) is 4.83. The highest BCUT2D eigenvalue weighted by Crippen LogP contribution is 2.28. The highest BCUT2D eigenvalue weighted by atomic mass is 16.5. The quantitative estimate of drug-likeness (QED) is 0.725. The molecule has 2 aliphatic carbocycles. The van der Waals surface area contributed by atoms with E-state index in [0.29, 0.717) is 12.1 Å². The lowest BCUT2D eigenvalue weighted by Crippen LogP contribution is -2.51. The molecule has 2 aliphatic rings. The third-order valence-corrected chi connectivity index (χ3v) is 4.25. The smallest absolute Gasteiger partial charge is 0.0771 e. The summed E-state index contributed by atoms with van der Waals surface area (Å²) in [5.41, 5.74) is -0.437. The topological polar surface area (TPSA) is 41.5 Å². The predicted octanol–water partition coefficient (Wildman–Crippen LogP) is 2.23. The standard InChI is InChI=1S/C14H27NO2/c1-2-17-13-9-12(10-13)15-11-14(16)7-5-3-4-6-8-14/h12-13,15-16H,2-11H2,1H3. The van der Waals surface area contributed by atoms with Crippen molar-refractivity contribution in [3.05, 3.63) is 0 Å². The first-order valence-electron chi connectivity index (χ1n) is 7.29. The second-order valence-corrected chi connectivity index (χ2v) is 5.77. The Morgan fingerprint density at radius 2 is 1.82 bits per heavy atom. The lowest BCUT2D eigenvalue weighted by atomic mass is 9.87. The predicted molar refractivity (Wildman–Crippen MR) is 69.1 cm³/mol. The van der Waals surface area contributed by atoms with Gasteiger partial charge in [0.05, 0.1) is 11.7 Å². The molecule has 0 bridgehead atoms. The molecule has 0 aromatic heterocycles. The van der Waals surface area contributed by atoms with E-state index in [1.54, 1.807) is 0 Å². The van der Waals surface area contributed by atoms with E-state index in [9.17, 15) is 5.11 Å². The summed E-state index contributed by atoms with van der Waals surface area (Å²) < 4.78 is 5.54. The van der Waals surface area contributed by atoms with Crippen LogP contribution in [-0.2, 0) is 4.74 Å². The monoisotopic (exact) mass is 241 g/mol. The number of ether oxygens (including phenoxy) is 1. The van der Waals surface area contributed by atoms with Crippen molar-refractivity contribution in [3.63, 3.8) is 0 Å². The van der Waals surface area contributed by atoms with Gasteiger partial charge in [0.15, 0.2) is 0 Å². The lowest BCUT2D eigenvalue weighted by Gasteiger charge is -2.38. The van der Waals surface area contributed by atoms with Gasteiger partial charge in [-0.25, -0.2) is 0 Å². The van der Waals surface area contributed by atoms with Crippen molar-refractivity contribution in [2.75, 3.05) is 13.2 Å². The highest BCUT2D eigenvalue weighted by molar-refractivity contribution is 4.90. The Bertz CT molecular complexity index is 218. The Balaban J connectivity index is 1.64. The van der Waals surface area contributed by atoms with E-state index in [0.717, 1.165) is 38.8 Å². The molecule has 3 nitrogen and oxygen atoms in total. The Hall–Kier alpha value is -0.120. The number of hydrogen-bond donors (Lipinski definition) is 2. The number of aliphatic hydroxyl groups is 1. The Labute approximate surface area is 105 Å². The number of hydrogen-bond acceptors (Lipinski definition) is 3. The molecule has 0 aromatic carbocycles. The van der Waals surface area contributed by atoms with Gasteiger partial charge < -0.3 is 15.2 Å². The molecular formula is C14H27NO2. The van der Waals surface area contributed by atoms with Crippen LogP contribution in [0.15, 0.2) is 0 Å². The third-order valence-electron chi connectivity index (χ3n) is 4.25. The second kappa shape index (κ2) is 6.17. The van der Waals surface area contributed by atoms with Crippen molar-refractivity contribution < 1.29 is 9.84 Å². The molecular weight excluding hydrogens is 214 g/mol. The fourth-order valence-corrected chi connectivity index (χ4v) is 3.00. The first kappa shape index (κ1) is 13.3. The first-order chi connectivity index (χ1) is 8.22. The highest BCUT2D eigenvalue weighted by Gasteiger charge is 2.33. The van der Waals surface area contributed by atoms with Crippen LogP contribution in [0.25, 0.3) is 0 Å². The maximum atomic E-state index is 10.5. The fourth-order valence-electron chi connectivity index (χ4n) is 3.00. The minimum atomic E-state index is -0.437. The molecule has 2 saturated carbocycles. The Morgan fingerprint density at radius 1 is 1.18 bits per heavy atom.